The maximum Gasteiger partial charge on any atom is 0.155 e. The molecule has 0 fully saturated rings. The summed E-state index contributed by atoms with van der Waals surface area (Å²) in [6.45, 7) is 0. The molecule has 0 aliphatic heterocycles. The number of nitriles is 1. The monoisotopic (exact) mass is 244 g/mol. The normalized spacial score (nSPS) is 9.71. The molecule has 4 nitrogen and oxygen atoms in total. The van der Waals surface area contributed by atoms with E-state index in [2.05, 4.69) is 16.3 Å². The van der Waals surface area contributed by atoms with Crippen molar-refractivity contribution in [3.8, 4) is 6.07 Å². The molecule has 2 rings (SSSR count). The van der Waals surface area contributed by atoms with Gasteiger partial charge in [-0.2, -0.15) is 5.26 Å². The zero-order valence-electron chi connectivity index (χ0n) is 9.13. The highest BCUT2D eigenvalue weighted by molar-refractivity contribution is 6.29. The minimum Gasteiger partial charge on any atom is -0.328 e. The highest BCUT2D eigenvalue weighted by Crippen LogP contribution is 2.21. The van der Waals surface area contributed by atoms with Crippen molar-refractivity contribution in [1.82, 2.24) is 10.2 Å². The first-order valence-corrected chi connectivity index (χ1v) is 5.31. The van der Waals surface area contributed by atoms with Crippen molar-refractivity contribution in [3.63, 3.8) is 0 Å². The number of benzene rings is 1. The van der Waals surface area contributed by atoms with Crippen LogP contribution in [0.25, 0.3) is 0 Å². The molecule has 1 aromatic carbocycles. The Hall–Kier alpha value is -2.12. The lowest BCUT2D eigenvalue weighted by molar-refractivity contribution is 0.988. The van der Waals surface area contributed by atoms with Crippen LogP contribution in [0, 0.1) is 11.3 Å². The molecule has 1 heterocycles. The summed E-state index contributed by atoms with van der Waals surface area (Å²) in [6.07, 6.45) is 0. The zero-order chi connectivity index (χ0) is 12.3. The third-order valence-electron chi connectivity index (χ3n) is 2.35. The van der Waals surface area contributed by atoms with Crippen LogP contribution in [0.1, 0.15) is 5.56 Å². The van der Waals surface area contributed by atoms with Gasteiger partial charge in [-0.05, 0) is 36.4 Å². The largest absolute Gasteiger partial charge is 0.328 e. The number of aromatic nitrogens is 2. The van der Waals surface area contributed by atoms with Gasteiger partial charge in [-0.25, -0.2) is 0 Å². The molecule has 17 heavy (non-hydrogen) atoms. The highest BCUT2D eigenvalue weighted by Gasteiger charge is 2.05. The molecule has 5 heteroatoms. The first-order valence-electron chi connectivity index (χ1n) is 4.94. The zero-order valence-corrected chi connectivity index (χ0v) is 9.89. The minimum absolute atomic E-state index is 0.363. The number of rotatable bonds is 2. The third kappa shape index (κ3) is 2.52. The maximum atomic E-state index is 8.71. The molecule has 0 radical (unpaired) electrons. The van der Waals surface area contributed by atoms with Crippen LogP contribution in [0.2, 0.25) is 5.15 Å². The predicted octanol–water partition coefficient (Wildman–Crippen LogP) is 2.77. The van der Waals surface area contributed by atoms with Gasteiger partial charge in [-0.1, -0.05) is 11.6 Å². The van der Waals surface area contributed by atoms with Crippen LogP contribution in [0.15, 0.2) is 36.4 Å². The van der Waals surface area contributed by atoms with Crippen LogP contribution in [0.3, 0.4) is 0 Å². The van der Waals surface area contributed by atoms with Gasteiger partial charge in [0.05, 0.1) is 11.6 Å². The van der Waals surface area contributed by atoms with E-state index in [1.165, 1.54) is 0 Å². The van der Waals surface area contributed by atoms with Gasteiger partial charge in [0.1, 0.15) is 0 Å². The molecular weight excluding hydrogens is 236 g/mol. The first kappa shape index (κ1) is 11.4. The number of hydrogen-bond acceptors (Lipinski definition) is 4. The van der Waals surface area contributed by atoms with E-state index in [-0.39, 0.29) is 0 Å². The van der Waals surface area contributed by atoms with Crippen LogP contribution >= 0.6 is 11.6 Å². The highest BCUT2D eigenvalue weighted by atomic mass is 35.5. The lowest BCUT2D eigenvalue weighted by Crippen LogP contribution is -2.11. The molecule has 0 aliphatic carbocycles. The van der Waals surface area contributed by atoms with Crippen molar-refractivity contribution >= 4 is 23.1 Å². The van der Waals surface area contributed by atoms with Gasteiger partial charge in [0.15, 0.2) is 11.0 Å². The van der Waals surface area contributed by atoms with Crippen molar-refractivity contribution in [2.24, 2.45) is 0 Å². The van der Waals surface area contributed by atoms with Crippen molar-refractivity contribution in [1.29, 1.82) is 5.26 Å². The van der Waals surface area contributed by atoms with Crippen molar-refractivity contribution in [2.75, 3.05) is 11.9 Å². The van der Waals surface area contributed by atoms with Gasteiger partial charge in [0.25, 0.3) is 0 Å². The fourth-order valence-corrected chi connectivity index (χ4v) is 1.48. The summed E-state index contributed by atoms with van der Waals surface area (Å²) in [5.41, 5.74) is 1.56. The van der Waals surface area contributed by atoms with Crippen LogP contribution in [-0.4, -0.2) is 17.2 Å². The quantitative estimate of drug-likeness (QED) is 0.815. The average Bonchev–Trinajstić information content (AvgIpc) is 2.39. The molecular formula is C12H9ClN4. The van der Waals surface area contributed by atoms with Gasteiger partial charge >= 0.3 is 0 Å². The summed E-state index contributed by atoms with van der Waals surface area (Å²) < 4.78 is 0. The molecule has 0 amide bonds. The number of hydrogen-bond donors (Lipinski definition) is 0. The lowest BCUT2D eigenvalue weighted by atomic mass is 10.2. The van der Waals surface area contributed by atoms with Gasteiger partial charge < -0.3 is 4.90 Å². The van der Waals surface area contributed by atoms with Crippen LogP contribution in [0.5, 0.6) is 0 Å². The minimum atomic E-state index is 0.363. The Morgan fingerprint density at radius 2 is 1.82 bits per heavy atom. The average molecular weight is 245 g/mol. The Morgan fingerprint density at radius 1 is 1.12 bits per heavy atom. The molecule has 1 aromatic heterocycles. The van der Waals surface area contributed by atoms with Crippen LogP contribution < -0.4 is 4.90 Å². The van der Waals surface area contributed by atoms with Crippen molar-refractivity contribution < 1.29 is 0 Å². The maximum absolute atomic E-state index is 8.71. The van der Waals surface area contributed by atoms with E-state index in [1.54, 1.807) is 24.3 Å². The third-order valence-corrected chi connectivity index (χ3v) is 2.55. The second kappa shape index (κ2) is 4.81. The Morgan fingerprint density at radius 3 is 2.35 bits per heavy atom. The van der Waals surface area contributed by atoms with E-state index in [0.717, 1.165) is 5.69 Å². The van der Waals surface area contributed by atoms with Gasteiger partial charge in [0.2, 0.25) is 0 Å². The van der Waals surface area contributed by atoms with E-state index < -0.39 is 0 Å². The molecule has 0 aliphatic rings. The molecule has 0 saturated heterocycles. The second-order valence-corrected chi connectivity index (χ2v) is 3.82. The summed E-state index contributed by atoms with van der Waals surface area (Å²) in [7, 11) is 1.87. The second-order valence-electron chi connectivity index (χ2n) is 3.43. The summed E-state index contributed by atoms with van der Waals surface area (Å²) in [6, 6.07) is 12.8. The van der Waals surface area contributed by atoms with E-state index in [4.69, 9.17) is 16.9 Å². The Bertz CT molecular complexity index is 542. The SMILES string of the molecule is CN(c1ccc(C#N)cc1)c1ccc(Cl)nn1. The molecule has 0 bridgehead atoms. The van der Waals surface area contributed by atoms with E-state index in [9.17, 15) is 0 Å². The Balaban J connectivity index is 2.27. The topological polar surface area (TPSA) is 52.8 Å². The van der Waals surface area contributed by atoms with Gasteiger partial charge in [-0.15, -0.1) is 10.2 Å². The smallest absolute Gasteiger partial charge is 0.155 e. The van der Waals surface area contributed by atoms with E-state index in [0.29, 0.717) is 16.5 Å². The summed E-state index contributed by atoms with van der Waals surface area (Å²) in [4.78, 5) is 1.87. The summed E-state index contributed by atoms with van der Waals surface area (Å²) in [5.74, 6) is 0.694. The standard InChI is InChI=1S/C12H9ClN4/c1-17(12-7-6-11(13)15-16-12)10-4-2-9(8-14)3-5-10/h2-7H,1H3. The summed E-state index contributed by atoms with van der Waals surface area (Å²) >= 11 is 5.67. The lowest BCUT2D eigenvalue weighted by Gasteiger charge is -2.17. The van der Waals surface area contributed by atoms with Crippen molar-refractivity contribution in [3.05, 3.63) is 47.1 Å². The fourth-order valence-electron chi connectivity index (χ4n) is 1.38. The van der Waals surface area contributed by atoms with Crippen molar-refractivity contribution in [2.45, 2.75) is 0 Å². The fraction of sp³-hybridized carbons (Fsp3) is 0.0833. The molecule has 2 aromatic rings. The molecule has 0 saturated carbocycles. The number of halogens is 1. The molecule has 84 valence electrons. The van der Waals surface area contributed by atoms with Gasteiger partial charge in [0, 0.05) is 12.7 Å². The van der Waals surface area contributed by atoms with Gasteiger partial charge in [-0.3, -0.25) is 0 Å². The Kier molecular flexibility index (Phi) is 3.22. The molecule has 0 N–H and O–H groups in total. The predicted molar refractivity (Wildman–Crippen MR) is 66.3 cm³/mol. The van der Waals surface area contributed by atoms with Crippen LogP contribution in [-0.2, 0) is 0 Å². The van der Waals surface area contributed by atoms with E-state index in [1.807, 2.05) is 24.1 Å². The Labute approximate surface area is 104 Å². The number of nitrogens with zero attached hydrogens (tertiary/aromatic N) is 4. The molecule has 0 atom stereocenters. The number of anilines is 2. The molecule has 0 unspecified atom stereocenters. The van der Waals surface area contributed by atoms with Crippen LogP contribution in [0.4, 0.5) is 11.5 Å². The molecule has 0 spiro atoms. The summed E-state index contributed by atoms with van der Waals surface area (Å²) in [5, 5.41) is 16.8. The first-order chi connectivity index (χ1) is 8.20. The van der Waals surface area contributed by atoms with E-state index >= 15 is 0 Å².